The van der Waals surface area contributed by atoms with Gasteiger partial charge in [0.25, 0.3) is 0 Å². The molecule has 2 atom stereocenters. The Balaban J connectivity index is 1.60. The van der Waals surface area contributed by atoms with Crippen molar-refractivity contribution >= 4 is 17.3 Å². The van der Waals surface area contributed by atoms with E-state index in [0.717, 1.165) is 47.3 Å². The summed E-state index contributed by atoms with van der Waals surface area (Å²) in [5.41, 5.74) is 5.49. The van der Waals surface area contributed by atoms with Crippen LogP contribution in [0.4, 0.5) is 15.8 Å². The maximum Gasteiger partial charge on any atom is 0.231 e. The SMILES string of the molecule is CCN1C(=O)Cc2cc(N3CC[C@H]4CCC[C@@H]4C3)c(-c3ccc(F)cc3)cc21. The van der Waals surface area contributed by atoms with Crippen LogP contribution >= 0.6 is 0 Å². The summed E-state index contributed by atoms with van der Waals surface area (Å²) in [6, 6.07) is 11.2. The number of piperidine rings is 1. The van der Waals surface area contributed by atoms with Crippen molar-refractivity contribution in [3.63, 3.8) is 0 Å². The van der Waals surface area contributed by atoms with Gasteiger partial charge in [0.2, 0.25) is 5.91 Å². The topological polar surface area (TPSA) is 23.6 Å². The second kappa shape index (κ2) is 6.91. The highest BCUT2D eigenvalue weighted by Crippen LogP contribution is 2.44. The van der Waals surface area contributed by atoms with Crippen LogP contribution in [0, 0.1) is 17.7 Å². The smallest absolute Gasteiger partial charge is 0.231 e. The zero-order valence-electron chi connectivity index (χ0n) is 16.5. The second-order valence-corrected chi connectivity index (χ2v) is 8.51. The molecular formula is C24H27FN2O. The van der Waals surface area contributed by atoms with Gasteiger partial charge in [-0.2, -0.15) is 0 Å². The van der Waals surface area contributed by atoms with Gasteiger partial charge in [-0.1, -0.05) is 25.0 Å². The van der Waals surface area contributed by atoms with Gasteiger partial charge in [0.05, 0.1) is 6.42 Å². The minimum absolute atomic E-state index is 0.175. The summed E-state index contributed by atoms with van der Waals surface area (Å²) in [6.07, 6.45) is 5.82. The van der Waals surface area contributed by atoms with Gasteiger partial charge in [0.15, 0.2) is 0 Å². The molecule has 0 radical (unpaired) electrons. The first-order chi connectivity index (χ1) is 13.6. The van der Waals surface area contributed by atoms with E-state index in [1.165, 1.54) is 43.5 Å². The number of halogens is 1. The number of fused-ring (bicyclic) bond motifs is 2. The summed E-state index contributed by atoms with van der Waals surface area (Å²) in [6.45, 7) is 4.87. The van der Waals surface area contributed by atoms with Crippen LogP contribution in [0.5, 0.6) is 0 Å². The van der Waals surface area contributed by atoms with Gasteiger partial charge in [0, 0.05) is 36.6 Å². The van der Waals surface area contributed by atoms with Crippen molar-refractivity contribution in [3.8, 4) is 11.1 Å². The molecule has 2 heterocycles. The van der Waals surface area contributed by atoms with Crippen molar-refractivity contribution in [3.05, 3.63) is 47.8 Å². The first-order valence-corrected chi connectivity index (χ1v) is 10.6. The van der Waals surface area contributed by atoms with E-state index in [-0.39, 0.29) is 11.7 Å². The Morgan fingerprint density at radius 1 is 1.04 bits per heavy atom. The normalized spacial score (nSPS) is 23.9. The Bertz CT molecular complexity index is 908. The molecule has 1 saturated heterocycles. The number of hydrogen-bond acceptors (Lipinski definition) is 2. The standard InChI is InChI=1S/C24H27FN2O/c1-2-27-22-14-21(17-6-8-20(25)9-7-17)23(12-19(22)13-24(27)28)26-11-10-16-4-3-5-18(16)15-26/h6-9,12,14,16,18H,2-5,10-11,13,15H2,1H3/t16-,18-/m1/s1. The van der Waals surface area contributed by atoms with E-state index in [9.17, 15) is 9.18 Å². The molecule has 3 nitrogen and oxygen atoms in total. The second-order valence-electron chi connectivity index (χ2n) is 8.51. The lowest BCUT2D eigenvalue weighted by atomic mass is 9.87. The summed E-state index contributed by atoms with van der Waals surface area (Å²) in [7, 11) is 0. The van der Waals surface area contributed by atoms with Crippen LogP contribution in [0.25, 0.3) is 11.1 Å². The highest BCUT2D eigenvalue weighted by atomic mass is 19.1. The first kappa shape index (κ1) is 17.7. The summed E-state index contributed by atoms with van der Waals surface area (Å²) in [5.74, 6) is 1.63. The maximum atomic E-state index is 13.5. The van der Waals surface area contributed by atoms with Gasteiger partial charge in [0.1, 0.15) is 5.82 Å². The molecule has 5 rings (SSSR count). The lowest BCUT2D eigenvalue weighted by Gasteiger charge is -2.38. The van der Waals surface area contributed by atoms with Crippen molar-refractivity contribution in [2.24, 2.45) is 11.8 Å². The van der Waals surface area contributed by atoms with Gasteiger partial charge < -0.3 is 9.80 Å². The van der Waals surface area contributed by atoms with Gasteiger partial charge in [-0.3, -0.25) is 4.79 Å². The monoisotopic (exact) mass is 378 g/mol. The predicted molar refractivity (Wildman–Crippen MR) is 111 cm³/mol. The highest BCUT2D eigenvalue weighted by Gasteiger charge is 2.35. The summed E-state index contributed by atoms with van der Waals surface area (Å²) < 4.78 is 13.5. The van der Waals surface area contributed by atoms with E-state index in [2.05, 4.69) is 17.0 Å². The van der Waals surface area contributed by atoms with Crippen LogP contribution in [0.1, 0.15) is 38.2 Å². The molecule has 4 heteroatoms. The summed E-state index contributed by atoms with van der Waals surface area (Å²) >= 11 is 0. The molecule has 2 aliphatic heterocycles. The van der Waals surface area contributed by atoms with Crippen molar-refractivity contribution < 1.29 is 9.18 Å². The molecule has 2 fully saturated rings. The number of carbonyl (C=O) groups is 1. The van der Waals surface area contributed by atoms with Crippen molar-refractivity contribution in [1.29, 1.82) is 0 Å². The number of carbonyl (C=O) groups excluding carboxylic acids is 1. The third kappa shape index (κ3) is 2.90. The molecular weight excluding hydrogens is 351 g/mol. The Hall–Kier alpha value is -2.36. The predicted octanol–water partition coefficient (Wildman–Crippen LogP) is 5.03. The fourth-order valence-electron chi connectivity index (χ4n) is 5.52. The van der Waals surface area contributed by atoms with E-state index in [0.29, 0.717) is 13.0 Å². The molecule has 146 valence electrons. The van der Waals surface area contributed by atoms with E-state index in [4.69, 9.17) is 0 Å². The molecule has 0 N–H and O–H groups in total. The molecule has 1 aliphatic carbocycles. The van der Waals surface area contributed by atoms with Crippen LogP contribution in [0.3, 0.4) is 0 Å². The zero-order chi connectivity index (χ0) is 19.3. The minimum Gasteiger partial charge on any atom is -0.371 e. The van der Waals surface area contributed by atoms with E-state index >= 15 is 0 Å². The Morgan fingerprint density at radius 2 is 1.82 bits per heavy atom. The fraction of sp³-hybridized carbons (Fsp3) is 0.458. The first-order valence-electron chi connectivity index (χ1n) is 10.6. The molecule has 0 spiro atoms. The lowest BCUT2D eigenvalue weighted by Crippen LogP contribution is -2.38. The van der Waals surface area contributed by atoms with Gasteiger partial charge >= 0.3 is 0 Å². The van der Waals surface area contributed by atoms with E-state index in [1.807, 2.05) is 24.0 Å². The average molecular weight is 378 g/mol. The van der Waals surface area contributed by atoms with Crippen LogP contribution in [-0.4, -0.2) is 25.5 Å². The number of nitrogens with zero attached hydrogens (tertiary/aromatic N) is 2. The molecule has 0 bridgehead atoms. The Morgan fingerprint density at radius 3 is 2.61 bits per heavy atom. The lowest BCUT2D eigenvalue weighted by molar-refractivity contribution is -0.117. The van der Waals surface area contributed by atoms with E-state index in [1.54, 1.807) is 0 Å². The largest absolute Gasteiger partial charge is 0.371 e. The highest BCUT2D eigenvalue weighted by molar-refractivity contribution is 6.03. The molecule has 1 saturated carbocycles. The van der Waals surface area contributed by atoms with Crippen molar-refractivity contribution in [1.82, 2.24) is 0 Å². The van der Waals surface area contributed by atoms with Crippen molar-refractivity contribution in [2.75, 3.05) is 29.4 Å². The van der Waals surface area contributed by atoms with Gasteiger partial charge in [-0.05, 0) is 67.0 Å². The fourth-order valence-corrected chi connectivity index (χ4v) is 5.52. The molecule has 1 amide bonds. The molecule has 0 unspecified atom stereocenters. The maximum absolute atomic E-state index is 13.5. The number of anilines is 2. The van der Waals surface area contributed by atoms with Crippen LogP contribution < -0.4 is 9.80 Å². The Labute approximate surface area is 166 Å². The molecule has 3 aliphatic rings. The number of benzene rings is 2. The van der Waals surface area contributed by atoms with Gasteiger partial charge in [-0.25, -0.2) is 4.39 Å². The third-order valence-electron chi connectivity index (χ3n) is 6.98. The summed E-state index contributed by atoms with van der Waals surface area (Å²) in [5, 5.41) is 0. The molecule has 28 heavy (non-hydrogen) atoms. The number of hydrogen-bond donors (Lipinski definition) is 0. The van der Waals surface area contributed by atoms with Crippen LogP contribution in [0.2, 0.25) is 0 Å². The molecule has 0 aromatic heterocycles. The Kier molecular flexibility index (Phi) is 4.37. The van der Waals surface area contributed by atoms with Gasteiger partial charge in [-0.15, -0.1) is 0 Å². The van der Waals surface area contributed by atoms with Crippen LogP contribution in [-0.2, 0) is 11.2 Å². The average Bonchev–Trinajstić information content (AvgIpc) is 3.29. The van der Waals surface area contributed by atoms with E-state index < -0.39 is 0 Å². The van der Waals surface area contributed by atoms with Crippen LogP contribution in [0.15, 0.2) is 36.4 Å². The molecule has 2 aromatic carbocycles. The summed E-state index contributed by atoms with van der Waals surface area (Å²) in [4.78, 5) is 16.8. The number of amides is 1. The quantitative estimate of drug-likeness (QED) is 0.748. The number of rotatable bonds is 3. The van der Waals surface area contributed by atoms with Crippen molar-refractivity contribution in [2.45, 2.75) is 39.0 Å². The number of likely N-dealkylation sites (N-methyl/N-ethyl adjacent to an activating group) is 1. The zero-order valence-corrected chi connectivity index (χ0v) is 16.5. The minimum atomic E-state index is -0.219. The third-order valence-corrected chi connectivity index (χ3v) is 6.98. The molecule has 2 aromatic rings.